The number of rotatable bonds is 15. The molecule has 0 radical (unpaired) electrons. The third-order valence-electron chi connectivity index (χ3n) is 5.77. The van der Waals surface area contributed by atoms with Crippen LogP contribution in [0.15, 0.2) is 31.0 Å². The van der Waals surface area contributed by atoms with Gasteiger partial charge in [0.15, 0.2) is 0 Å². The third kappa shape index (κ3) is 6.98. The molecule has 36 heavy (non-hydrogen) atoms. The summed E-state index contributed by atoms with van der Waals surface area (Å²) in [5.74, 6) is -2.67. The fourth-order valence-corrected chi connectivity index (χ4v) is 4.01. The minimum absolute atomic E-state index is 0.0394. The number of carbonyl (C=O) groups excluding carboxylic acids is 5. The van der Waals surface area contributed by atoms with E-state index in [1.807, 2.05) is 0 Å². The molecule has 0 saturated carbocycles. The van der Waals surface area contributed by atoms with E-state index in [1.165, 1.54) is 12.3 Å². The maximum Gasteiger partial charge on any atom is 0.264 e. The van der Waals surface area contributed by atoms with Gasteiger partial charge in [0.2, 0.25) is 17.7 Å². The van der Waals surface area contributed by atoms with Crippen LogP contribution in [0.4, 0.5) is 5.69 Å². The van der Waals surface area contributed by atoms with Crippen molar-refractivity contribution in [2.24, 2.45) is 0 Å². The number of carbonyl (C=O) groups is 5. The van der Waals surface area contributed by atoms with E-state index < -0.39 is 29.7 Å². The molecular weight excluding hydrogens is 470 g/mol. The molecule has 11 heteroatoms. The van der Waals surface area contributed by atoms with Crippen molar-refractivity contribution >= 4 is 35.2 Å². The average molecular weight is 502 g/mol. The Kier molecular flexibility index (Phi) is 10.1. The van der Waals surface area contributed by atoms with Crippen molar-refractivity contribution in [1.82, 2.24) is 10.2 Å². The van der Waals surface area contributed by atoms with Crippen LogP contribution in [-0.4, -0.2) is 73.5 Å². The Bertz CT molecular complexity index is 1010. The summed E-state index contributed by atoms with van der Waals surface area (Å²) in [6.07, 6.45) is 3.93. The van der Waals surface area contributed by atoms with Gasteiger partial charge in [0.1, 0.15) is 12.6 Å². The van der Waals surface area contributed by atoms with Crippen LogP contribution in [0, 0.1) is 0 Å². The van der Waals surface area contributed by atoms with Crippen molar-refractivity contribution in [1.29, 1.82) is 0 Å². The molecule has 2 aliphatic heterocycles. The molecule has 194 valence electrons. The van der Waals surface area contributed by atoms with E-state index in [0.29, 0.717) is 39.5 Å². The summed E-state index contributed by atoms with van der Waals surface area (Å²) in [6.45, 7) is 5.90. The van der Waals surface area contributed by atoms with Gasteiger partial charge in [-0.2, -0.15) is 0 Å². The Morgan fingerprint density at radius 3 is 2.53 bits per heavy atom. The Hall–Kier alpha value is -3.57. The summed E-state index contributed by atoms with van der Waals surface area (Å²) < 4.78 is 15.7. The molecule has 0 spiro atoms. The Labute approximate surface area is 209 Å². The number of anilines is 1. The second-order valence-corrected chi connectivity index (χ2v) is 8.30. The van der Waals surface area contributed by atoms with Gasteiger partial charge in [-0.25, -0.2) is 0 Å². The lowest BCUT2D eigenvalue weighted by atomic mass is 10.0. The lowest BCUT2D eigenvalue weighted by Crippen LogP contribution is -2.54. The molecule has 1 saturated heterocycles. The van der Waals surface area contributed by atoms with Crippen molar-refractivity contribution in [2.75, 3.05) is 38.4 Å². The van der Waals surface area contributed by atoms with Gasteiger partial charge in [0.05, 0.1) is 42.9 Å². The normalized spacial score (nSPS) is 17.1. The topological polar surface area (TPSA) is 140 Å². The fourth-order valence-electron chi connectivity index (χ4n) is 4.01. The minimum atomic E-state index is -1.06. The van der Waals surface area contributed by atoms with E-state index in [1.54, 1.807) is 12.1 Å². The van der Waals surface area contributed by atoms with E-state index >= 15 is 0 Å². The number of benzene rings is 1. The van der Waals surface area contributed by atoms with Crippen LogP contribution in [0.5, 0.6) is 0 Å². The number of nitrogens with zero attached hydrogens (tertiary/aromatic N) is 1. The number of hydrogen-bond donors (Lipinski definition) is 2. The lowest BCUT2D eigenvalue weighted by molar-refractivity contribution is -0.136. The van der Waals surface area contributed by atoms with Crippen LogP contribution in [0.3, 0.4) is 0 Å². The quantitative estimate of drug-likeness (QED) is 0.211. The number of piperidine rings is 1. The molecule has 1 aromatic carbocycles. The summed E-state index contributed by atoms with van der Waals surface area (Å²) in [6, 6.07) is 3.55. The Morgan fingerprint density at radius 2 is 1.78 bits per heavy atom. The highest BCUT2D eigenvalue weighted by molar-refractivity contribution is 6.26. The number of unbranched alkanes of at least 4 members (excludes halogenated alkanes) is 2. The fraction of sp³-hybridized carbons (Fsp3) is 0.480. The van der Waals surface area contributed by atoms with Gasteiger partial charge >= 0.3 is 0 Å². The molecule has 3 rings (SSSR count). The molecule has 1 fully saturated rings. The number of nitrogens with one attached hydrogen (secondary N) is 2. The maximum atomic E-state index is 13.1. The van der Waals surface area contributed by atoms with Gasteiger partial charge < -0.3 is 19.5 Å². The molecule has 0 bridgehead atoms. The molecule has 1 aromatic rings. The molecule has 0 aromatic heterocycles. The average Bonchev–Trinajstić information content (AvgIpc) is 3.10. The SMILES string of the molecule is C=COCCOCCOCCCCCC(=O)Nc1cccc2c1C(=O)N(C1CCC(=O)NC1=O)C2=O. The van der Waals surface area contributed by atoms with E-state index in [-0.39, 0.29) is 42.0 Å². The molecule has 2 N–H and O–H groups in total. The molecule has 5 amide bonds. The lowest BCUT2D eigenvalue weighted by Gasteiger charge is -2.27. The number of hydrogen-bond acceptors (Lipinski definition) is 8. The first-order valence-corrected chi connectivity index (χ1v) is 12.0. The monoisotopic (exact) mass is 501 g/mol. The highest BCUT2D eigenvalue weighted by Crippen LogP contribution is 2.32. The van der Waals surface area contributed by atoms with Crippen molar-refractivity contribution in [3.05, 3.63) is 42.2 Å². The first-order chi connectivity index (χ1) is 17.4. The first-order valence-electron chi connectivity index (χ1n) is 12.0. The molecule has 11 nitrogen and oxygen atoms in total. The molecular formula is C25H31N3O8. The van der Waals surface area contributed by atoms with Gasteiger partial charge in [-0.1, -0.05) is 19.1 Å². The van der Waals surface area contributed by atoms with Crippen LogP contribution in [-0.2, 0) is 28.6 Å². The smallest absolute Gasteiger partial charge is 0.264 e. The summed E-state index contributed by atoms with van der Waals surface area (Å²) in [5.41, 5.74) is 0.413. The molecule has 2 heterocycles. The van der Waals surface area contributed by atoms with E-state index in [9.17, 15) is 24.0 Å². The van der Waals surface area contributed by atoms with Crippen molar-refractivity contribution in [2.45, 2.75) is 44.6 Å². The van der Waals surface area contributed by atoms with Crippen LogP contribution >= 0.6 is 0 Å². The maximum absolute atomic E-state index is 13.1. The number of imide groups is 2. The highest BCUT2D eigenvalue weighted by Gasteiger charge is 2.45. The predicted molar refractivity (Wildman–Crippen MR) is 128 cm³/mol. The number of ether oxygens (including phenoxy) is 3. The van der Waals surface area contributed by atoms with E-state index in [4.69, 9.17) is 14.2 Å². The van der Waals surface area contributed by atoms with Gasteiger partial charge in [-0.3, -0.25) is 34.2 Å². The van der Waals surface area contributed by atoms with Crippen molar-refractivity contribution in [3.63, 3.8) is 0 Å². The van der Waals surface area contributed by atoms with E-state index in [0.717, 1.165) is 17.7 Å². The highest BCUT2D eigenvalue weighted by atomic mass is 16.5. The zero-order valence-electron chi connectivity index (χ0n) is 20.1. The predicted octanol–water partition coefficient (Wildman–Crippen LogP) is 1.78. The van der Waals surface area contributed by atoms with E-state index in [2.05, 4.69) is 17.2 Å². The summed E-state index contributed by atoms with van der Waals surface area (Å²) in [5, 5.41) is 4.88. The van der Waals surface area contributed by atoms with Gasteiger partial charge in [-0.05, 0) is 31.4 Å². The van der Waals surface area contributed by atoms with Crippen LogP contribution in [0.1, 0.15) is 59.2 Å². The number of amides is 5. The third-order valence-corrected chi connectivity index (χ3v) is 5.77. The summed E-state index contributed by atoms with van der Waals surface area (Å²) >= 11 is 0. The molecule has 1 atom stereocenters. The summed E-state index contributed by atoms with van der Waals surface area (Å²) in [7, 11) is 0. The van der Waals surface area contributed by atoms with Gasteiger partial charge in [0, 0.05) is 19.4 Å². The largest absolute Gasteiger partial charge is 0.499 e. The standard InChI is InChI=1S/C25H31N3O8/c1-2-34-13-14-36-16-15-35-12-5-3-4-9-20(29)26-18-8-6-7-17-22(18)25(33)28(24(17)32)19-10-11-21(30)27-23(19)31/h2,6-8,19H,1,3-5,9-16H2,(H,26,29)(H,27,30,31). The Balaban J connectivity index is 1.41. The number of fused-ring (bicyclic) bond motifs is 1. The first kappa shape index (κ1) is 27.0. The van der Waals surface area contributed by atoms with Gasteiger partial charge in [0.25, 0.3) is 11.8 Å². The van der Waals surface area contributed by atoms with Crippen molar-refractivity contribution < 1.29 is 38.2 Å². The summed E-state index contributed by atoms with van der Waals surface area (Å²) in [4.78, 5) is 62.9. The Morgan fingerprint density at radius 1 is 1.03 bits per heavy atom. The second-order valence-electron chi connectivity index (χ2n) is 8.30. The minimum Gasteiger partial charge on any atom is -0.499 e. The van der Waals surface area contributed by atoms with Crippen molar-refractivity contribution in [3.8, 4) is 0 Å². The zero-order valence-corrected chi connectivity index (χ0v) is 20.1. The second kappa shape index (κ2) is 13.5. The van der Waals surface area contributed by atoms with Gasteiger partial charge in [-0.15, -0.1) is 0 Å². The molecule has 1 unspecified atom stereocenters. The van der Waals surface area contributed by atoms with Crippen LogP contribution in [0.2, 0.25) is 0 Å². The van der Waals surface area contributed by atoms with Crippen LogP contribution < -0.4 is 10.6 Å². The molecule has 2 aliphatic rings. The molecule has 0 aliphatic carbocycles. The zero-order chi connectivity index (χ0) is 25.9. The van der Waals surface area contributed by atoms with Crippen LogP contribution in [0.25, 0.3) is 0 Å².